The SMILES string of the molecule is CN(C)S(=O)(=O)Nc1nc(Cl)ncc1F. The minimum Gasteiger partial charge on any atom is -0.252 e. The molecule has 1 heterocycles. The fourth-order valence-corrected chi connectivity index (χ4v) is 1.33. The van der Waals surface area contributed by atoms with E-state index < -0.39 is 21.8 Å². The molecule has 6 nitrogen and oxygen atoms in total. The second-order valence-electron chi connectivity index (χ2n) is 2.73. The number of halogens is 2. The van der Waals surface area contributed by atoms with Gasteiger partial charge in [0.05, 0.1) is 6.20 Å². The molecule has 0 saturated heterocycles. The Morgan fingerprint density at radius 1 is 1.53 bits per heavy atom. The van der Waals surface area contributed by atoms with Gasteiger partial charge in [-0.1, -0.05) is 0 Å². The fraction of sp³-hybridized carbons (Fsp3) is 0.333. The van der Waals surface area contributed by atoms with Crippen LogP contribution < -0.4 is 4.72 Å². The number of hydrogen-bond acceptors (Lipinski definition) is 4. The van der Waals surface area contributed by atoms with E-state index in [1.807, 2.05) is 4.72 Å². The summed E-state index contributed by atoms with van der Waals surface area (Å²) in [6.07, 6.45) is 0.781. The van der Waals surface area contributed by atoms with Gasteiger partial charge >= 0.3 is 10.2 Å². The molecule has 0 bridgehead atoms. The summed E-state index contributed by atoms with van der Waals surface area (Å²) in [6.45, 7) is 0. The molecule has 0 atom stereocenters. The molecule has 1 aromatic heterocycles. The number of aromatic nitrogens is 2. The van der Waals surface area contributed by atoms with Crippen LogP contribution in [-0.2, 0) is 10.2 Å². The average Bonchev–Trinajstić information content (AvgIpc) is 2.10. The number of nitrogens with zero attached hydrogens (tertiary/aromatic N) is 3. The Morgan fingerprint density at radius 2 is 2.13 bits per heavy atom. The zero-order chi connectivity index (χ0) is 11.6. The number of rotatable bonds is 3. The molecule has 0 aliphatic rings. The summed E-state index contributed by atoms with van der Waals surface area (Å²) >= 11 is 5.39. The summed E-state index contributed by atoms with van der Waals surface area (Å²) in [5, 5.41) is -0.243. The van der Waals surface area contributed by atoms with Gasteiger partial charge < -0.3 is 0 Å². The van der Waals surface area contributed by atoms with Crippen molar-refractivity contribution in [3.8, 4) is 0 Å². The first kappa shape index (κ1) is 12.1. The lowest BCUT2D eigenvalue weighted by Gasteiger charge is -2.12. The van der Waals surface area contributed by atoms with E-state index in [0.29, 0.717) is 0 Å². The molecule has 0 aromatic carbocycles. The van der Waals surface area contributed by atoms with Crippen molar-refractivity contribution < 1.29 is 12.8 Å². The first-order valence-corrected chi connectivity index (χ1v) is 5.53. The third-order valence-corrected chi connectivity index (χ3v) is 3.02. The number of nitrogens with one attached hydrogen (secondary N) is 1. The van der Waals surface area contributed by atoms with Crippen LogP contribution in [-0.4, -0.2) is 36.8 Å². The van der Waals surface area contributed by atoms with E-state index in [1.165, 1.54) is 14.1 Å². The molecule has 15 heavy (non-hydrogen) atoms. The summed E-state index contributed by atoms with van der Waals surface area (Å²) < 4.78 is 38.4. The first-order chi connectivity index (χ1) is 6.83. The van der Waals surface area contributed by atoms with E-state index in [-0.39, 0.29) is 5.28 Å². The standard InChI is InChI=1S/C6H8ClFN4O2S/c1-12(2)15(13,14)11-5-4(8)3-9-6(7)10-5/h3H,1-2H3,(H,9,10,11). The normalized spacial score (nSPS) is 11.8. The van der Waals surface area contributed by atoms with Crippen LogP contribution in [0.15, 0.2) is 6.20 Å². The Labute approximate surface area is 91.3 Å². The second-order valence-corrected chi connectivity index (χ2v) is 4.95. The molecular formula is C6H8ClFN4O2S. The van der Waals surface area contributed by atoms with E-state index in [1.54, 1.807) is 0 Å². The van der Waals surface area contributed by atoms with Crippen LogP contribution in [0.5, 0.6) is 0 Å². The minimum absolute atomic E-state index is 0.243. The summed E-state index contributed by atoms with van der Waals surface area (Å²) in [4.78, 5) is 6.75. The Balaban J connectivity index is 3.05. The van der Waals surface area contributed by atoms with Crippen LogP contribution in [0.4, 0.5) is 10.2 Å². The zero-order valence-electron chi connectivity index (χ0n) is 7.90. The van der Waals surface area contributed by atoms with E-state index >= 15 is 0 Å². The molecule has 1 N–H and O–H groups in total. The predicted octanol–water partition coefficient (Wildman–Crippen LogP) is 0.487. The largest absolute Gasteiger partial charge is 0.302 e. The Bertz CT molecular complexity index is 464. The molecule has 0 fully saturated rings. The first-order valence-electron chi connectivity index (χ1n) is 3.71. The van der Waals surface area contributed by atoms with Crippen LogP contribution in [0.2, 0.25) is 5.28 Å². The molecule has 1 rings (SSSR count). The van der Waals surface area contributed by atoms with Crippen LogP contribution >= 0.6 is 11.6 Å². The van der Waals surface area contributed by atoms with Gasteiger partial charge in [-0.2, -0.15) is 17.7 Å². The summed E-state index contributed by atoms with van der Waals surface area (Å²) in [5.74, 6) is -1.38. The minimum atomic E-state index is -3.80. The van der Waals surface area contributed by atoms with Crippen molar-refractivity contribution >= 4 is 27.6 Å². The van der Waals surface area contributed by atoms with Gasteiger partial charge in [-0.15, -0.1) is 0 Å². The van der Waals surface area contributed by atoms with Gasteiger partial charge in [0.1, 0.15) is 0 Å². The zero-order valence-corrected chi connectivity index (χ0v) is 9.47. The lowest BCUT2D eigenvalue weighted by atomic mass is 10.6. The Hall–Kier alpha value is -0.990. The van der Waals surface area contributed by atoms with Crippen LogP contribution in [0, 0.1) is 5.82 Å². The smallest absolute Gasteiger partial charge is 0.252 e. The second kappa shape index (κ2) is 4.25. The molecule has 84 valence electrons. The maximum Gasteiger partial charge on any atom is 0.302 e. The fourth-order valence-electron chi connectivity index (χ4n) is 0.631. The van der Waals surface area contributed by atoms with Crippen LogP contribution in [0.1, 0.15) is 0 Å². The number of hydrogen-bond donors (Lipinski definition) is 1. The molecule has 0 unspecified atom stereocenters. The molecule has 0 radical (unpaired) electrons. The molecule has 0 amide bonds. The van der Waals surface area contributed by atoms with Gasteiger partial charge in [-0.05, 0) is 11.6 Å². The van der Waals surface area contributed by atoms with Crippen LogP contribution in [0.25, 0.3) is 0 Å². The van der Waals surface area contributed by atoms with Gasteiger partial charge in [0.15, 0.2) is 11.6 Å². The Morgan fingerprint density at radius 3 is 2.67 bits per heavy atom. The van der Waals surface area contributed by atoms with Crippen molar-refractivity contribution in [2.75, 3.05) is 18.8 Å². The van der Waals surface area contributed by atoms with Gasteiger partial charge in [0.2, 0.25) is 5.28 Å². The van der Waals surface area contributed by atoms with E-state index in [0.717, 1.165) is 10.5 Å². The van der Waals surface area contributed by atoms with Gasteiger partial charge in [-0.3, -0.25) is 4.72 Å². The van der Waals surface area contributed by atoms with Crippen molar-refractivity contribution in [3.63, 3.8) is 0 Å². The third kappa shape index (κ3) is 2.98. The van der Waals surface area contributed by atoms with Crippen molar-refractivity contribution in [2.24, 2.45) is 0 Å². The number of anilines is 1. The average molecular weight is 255 g/mol. The molecule has 0 spiro atoms. The molecular weight excluding hydrogens is 247 g/mol. The molecule has 0 aliphatic carbocycles. The Kier molecular flexibility index (Phi) is 3.42. The molecule has 1 aromatic rings. The van der Waals surface area contributed by atoms with Gasteiger partial charge in [0.25, 0.3) is 0 Å². The highest BCUT2D eigenvalue weighted by Crippen LogP contribution is 2.13. The van der Waals surface area contributed by atoms with E-state index in [2.05, 4.69) is 9.97 Å². The third-order valence-electron chi connectivity index (χ3n) is 1.42. The molecule has 9 heteroatoms. The van der Waals surface area contributed by atoms with E-state index in [9.17, 15) is 12.8 Å². The van der Waals surface area contributed by atoms with Gasteiger partial charge in [-0.25, -0.2) is 9.37 Å². The monoisotopic (exact) mass is 254 g/mol. The maximum atomic E-state index is 13.0. The molecule has 0 saturated carbocycles. The van der Waals surface area contributed by atoms with Gasteiger partial charge in [0, 0.05) is 14.1 Å². The summed E-state index contributed by atoms with van der Waals surface area (Å²) in [5.41, 5.74) is 0. The van der Waals surface area contributed by atoms with Crippen molar-refractivity contribution in [1.29, 1.82) is 0 Å². The highest BCUT2D eigenvalue weighted by Gasteiger charge is 2.17. The van der Waals surface area contributed by atoms with Crippen LogP contribution in [0.3, 0.4) is 0 Å². The highest BCUT2D eigenvalue weighted by molar-refractivity contribution is 7.90. The lowest BCUT2D eigenvalue weighted by Crippen LogP contribution is -2.29. The quantitative estimate of drug-likeness (QED) is 0.797. The lowest BCUT2D eigenvalue weighted by molar-refractivity contribution is 0.525. The van der Waals surface area contributed by atoms with Crippen molar-refractivity contribution in [3.05, 3.63) is 17.3 Å². The summed E-state index contributed by atoms with van der Waals surface area (Å²) in [7, 11) is -1.21. The van der Waals surface area contributed by atoms with Crippen molar-refractivity contribution in [2.45, 2.75) is 0 Å². The highest BCUT2D eigenvalue weighted by atomic mass is 35.5. The topological polar surface area (TPSA) is 75.2 Å². The van der Waals surface area contributed by atoms with Crippen molar-refractivity contribution in [1.82, 2.24) is 14.3 Å². The maximum absolute atomic E-state index is 13.0. The molecule has 0 aliphatic heterocycles. The summed E-state index contributed by atoms with van der Waals surface area (Å²) in [6, 6.07) is 0. The van der Waals surface area contributed by atoms with E-state index in [4.69, 9.17) is 11.6 Å². The predicted molar refractivity (Wildman–Crippen MR) is 53.2 cm³/mol.